The average molecular weight is 442 g/mol. The molecule has 0 saturated carbocycles. The molecule has 0 saturated heterocycles. The first-order valence-electron chi connectivity index (χ1n) is 9.71. The first-order chi connectivity index (χ1) is 15.7. The Morgan fingerprint density at radius 1 is 1.09 bits per heavy atom. The number of methoxy groups -OCH3 is 1. The monoisotopic (exact) mass is 441 g/mol. The molecule has 0 aliphatic heterocycles. The van der Waals surface area contributed by atoms with E-state index in [9.17, 15) is 4.79 Å². The van der Waals surface area contributed by atoms with Crippen LogP contribution in [0, 0.1) is 11.8 Å². The van der Waals surface area contributed by atoms with Crippen molar-refractivity contribution in [2.45, 2.75) is 5.16 Å². The van der Waals surface area contributed by atoms with Crippen molar-refractivity contribution in [3.63, 3.8) is 0 Å². The molecule has 158 valence electrons. The summed E-state index contributed by atoms with van der Waals surface area (Å²) in [4.78, 5) is 16.7. The number of thioether (sulfide) groups is 1. The summed E-state index contributed by atoms with van der Waals surface area (Å²) in [6.07, 6.45) is 3.32. The molecule has 2 aromatic carbocycles. The maximum atomic E-state index is 12.5. The fourth-order valence-corrected chi connectivity index (χ4v) is 3.55. The number of benzene rings is 2. The normalized spacial score (nSPS) is 10.2. The predicted octanol–water partition coefficient (Wildman–Crippen LogP) is 3.80. The number of hydrogen-bond donors (Lipinski definition) is 1. The number of rotatable bonds is 6. The number of nitrogens with zero attached hydrogens (tertiary/aromatic N) is 4. The second-order valence-electron chi connectivity index (χ2n) is 6.56. The second kappa shape index (κ2) is 10.3. The Kier molecular flexibility index (Phi) is 6.80. The average Bonchev–Trinajstić information content (AvgIpc) is 3.31. The van der Waals surface area contributed by atoms with Crippen LogP contribution in [-0.2, 0) is 4.79 Å². The summed E-state index contributed by atoms with van der Waals surface area (Å²) in [6, 6.07) is 20.5. The number of ether oxygens (including phenoxy) is 1. The van der Waals surface area contributed by atoms with Gasteiger partial charge in [-0.15, -0.1) is 10.2 Å². The van der Waals surface area contributed by atoms with Crippen LogP contribution in [0.25, 0.3) is 5.69 Å². The van der Waals surface area contributed by atoms with Gasteiger partial charge in [0, 0.05) is 23.1 Å². The molecular weight excluding hydrogens is 422 g/mol. The smallest absolute Gasteiger partial charge is 0.234 e. The van der Waals surface area contributed by atoms with Crippen molar-refractivity contribution in [3.8, 4) is 23.3 Å². The van der Waals surface area contributed by atoms with Crippen LogP contribution in [0.5, 0.6) is 5.75 Å². The van der Waals surface area contributed by atoms with Gasteiger partial charge in [-0.05, 0) is 60.5 Å². The highest BCUT2D eigenvalue weighted by Crippen LogP contribution is 2.22. The molecule has 0 aliphatic carbocycles. The molecule has 4 rings (SSSR count). The Balaban J connectivity index is 1.37. The summed E-state index contributed by atoms with van der Waals surface area (Å²) < 4.78 is 7.01. The molecule has 2 heterocycles. The highest BCUT2D eigenvalue weighted by molar-refractivity contribution is 7.99. The van der Waals surface area contributed by atoms with Gasteiger partial charge in [-0.1, -0.05) is 29.8 Å². The van der Waals surface area contributed by atoms with E-state index in [1.54, 1.807) is 19.6 Å². The summed E-state index contributed by atoms with van der Waals surface area (Å²) >= 11 is 1.31. The predicted molar refractivity (Wildman–Crippen MR) is 124 cm³/mol. The van der Waals surface area contributed by atoms with Crippen molar-refractivity contribution in [2.75, 3.05) is 18.2 Å². The van der Waals surface area contributed by atoms with Gasteiger partial charge in [0.2, 0.25) is 5.91 Å². The van der Waals surface area contributed by atoms with Gasteiger partial charge < -0.3 is 10.1 Å². The lowest BCUT2D eigenvalue weighted by atomic mass is 10.2. The summed E-state index contributed by atoms with van der Waals surface area (Å²) in [6.45, 7) is 0. The largest absolute Gasteiger partial charge is 0.497 e. The lowest BCUT2D eigenvalue weighted by molar-refractivity contribution is -0.113. The first-order valence-corrected chi connectivity index (χ1v) is 10.7. The highest BCUT2D eigenvalue weighted by Gasteiger charge is 2.11. The number of nitrogens with one attached hydrogen (secondary N) is 1. The molecule has 4 aromatic rings. The van der Waals surface area contributed by atoms with Crippen LogP contribution < -0.4 is 10.1 Å². The van der Waals surface area contributed by atoms with Gasteiger partial charge in [-0.25, -0.2) is 4.98 Å². The van der Waals surface area contributed by atoms with E-state index in [-0.39, 0.29) is 11.7 Å². The van der Waals surface area contributed by atoms with E-state index in [0.717, 1.165) is 17.0 Å². The van der Waals surface area contributed by atoms with Crippen molar-refractivity contribution in [1.29, 1.82) is 0 Å². The zero-order chi connectivity index (χ0) is 22.2. The molecule has 1 N–H and O–H groups in total. The number of amides is 1. The van der Waals surface area contributed by atoms with E-state index < -0.39 is 0 Å². The molecule has 0 spiro atoms. The third-order valence-corrected chi connectivity index (χ3v) is 5.29. The Bertz CT molecular complexity index is 1260. The van der Waals surface area contributed by atoms with E-state index in [4.69, 9.17) is 4.74 Å². The van der Waals surface area contributed by atoms with Crippen LogP contribution in [0.15, 0.2) is 84.4 Å². The molecule has 0 fully saturated rings. The number of carbonyl (C=O) groups is 1. The van der Waals surface area contributed by atoms with E-state index in [0.29, 0.717) is 16.5 Å². The van der Waals surface area contributed by atoms with Crippen molar-refractivity contribution < 1.29 is 9.53 Å². The Morgan fingerprint density at radius 3 is 2.75 bits per heavy atom. The minimum absolute atomic E-state index is 0.144. The minimum Gasteiger partial charge on any atom is -0.497 e. The zero-order valence-corrected chi connectivity index (χ0v) is 18.0. The molecule has 0 aliphatic rings. The quantitative estimate of drug-likeness (QED) is 0.362. The van der Waals surface area contributed by atoms with Crippen LogP contribution in [-0.4, -0.2) is 38.5 Å². The number of pyridine rings is 1. The van der Waals surface area contributed by atoms with Crippen LogP contribution in [0.2, 0.25) is 0 Å². The Labute approximate surface area is 189 Å². The van der Waals surface area contributed by atoms with E-state index >= 15 is 0 Å². The standard InChI is InChI=1S/C24H19N5O2S/c1-31-22-12-10-21(11-13-22)29-17-26-28-24(29)32-16-23(30)27-20-7-4-5-18(15-20)8-9-19-6-2-3-14-25-19/h2-7,10-15,17H,16H2,1H3,(H,27,30). The SMILES string of the molecule is COc1ccc(-n2cnnc2SCC(=O)Nc2cccc(C#Cc3ccccn3)c2)cc1. The van der Waals surface area contributed by atoms with Crippen LogP contribution in [0.1, 0.15) is 11.3 Å². The third-order valence-electron chi connectivity index (χ3n) is 4.35. The van der Waals surface area contributed by atoms with E-state index in [2.05, 4.69) is 32.3 Å². The van der Waals surface area contributed by atoms with Gasteiger partial charge in [0.15, 0.2) is 5.16 Å². The molecule has 0 bridgehead atoms. The Morgan fingerprint density at radius 2 is 1.97 bits per heavy atom. The molecule has 0 atom stereocenters. The summed E-state index contributed by atoms with van der Waals surface area (Å²) in [5.41, 5.74) is 3.05. The highest BCUT2D eigenvalue weighted by atomic mass is 32.2. The number of carbonyl (C=O) groups excluding carboxylic acids is 1. The molecule has 32 heavy (non-hydrogen) atoms. The van der Waals surface area contributed by atoms with Crippen molar-refractivity contribution >= 4 is 23.4 Å². The molecule has 7 nitrogen and oxygen atoms in total. The zero-order valence-electron chi connectivity index (χ0n) is 17.2. The van der Waals surface area contributed by atoms with Crippen molar-refractivity contribution in [3.05, 3.63) is 90.5 Å². The maximum Gasteiger partial charge on any atom is 0.234 e. The van der Waals surface area contributed by atoms with Gasteiger partial charge in [-0.3, -0.25) is 9.36 Å². The lowest BCUT2D eigenvalue weighted by Crippen LogP contribution is -2.14. The first kappa shape index (κ1) is 21.2. The van der Waals surface area contributed by atoms with E-state index in [1.165, 1.54) is 11.8 Å². The molecule has 0 radical (unpaired) electrons. The lowest BCUT2D eigenvalue weighted by Gasteiger charge is -2.08. The number of anilines is 1. The molecule has 8 heteroatoms. The molecule has 2 aromatic heterocycles. The third kappa shape index (κ3) is 5.53. The van der Waals surface area contributed by atoms with Gasteiger partial charge >= 0.3 is 0 Å². The topological polar surface area (TPSA) is 81.9 Å². The molecule has 1 amide bonds. The van der Waals surface area contributed by atoms with E-state index in [1.807, 2.05) is 71.3 Å². The van der Waals surface area contributed by atoms with Crippen molar-refractivity contribution in [2.24, 2.45) is 0 Å². The summed E-state index contributed by atoms with van der Waals surface area (Å²) in [5, 5.41) is 11.6. The van der Waals surface area contributed by atoms with Gasteiger partial charge in [0.25, 0.3) is 0 Å². The summed E-state index contributed by atoms with van der Waals surface area (Å²) in [7, 11) is 1.62. The fourth-order valence-electron chi connectivity index (χ4n) is 2.82. The van der Waals surface area contributed by atoms with Crippen molar-refractivity contribution in [1.82, 2.24) is 19.7 Å². The van der Waals surface area contributed by atoms with Crippen LogP contribution in [0.4, 0.5) is 5.69 Å². The summed E-state index contributed by atoms with van der Waals surface area (Å²) in [5.74, 6) is 6.89. The van der Waals surface area contributed by atoms with Gasteiger partial charge in [-0.2, -0.15) is 0 Å². The Hall–Kier alpha value is -4.09. The number of hydrogen-bond acceptors (Lipinski definition) is 6. The molecule has 0 unspecified atom stereocenters. The van der Waals surface area contributed by atoms with Crippen LogP contribution >= 0.6 is 11.8 Å². The maximum absolute atomic E-state index is 12.5. The van der Waals surface area contributed by atoms with Gasteiger partial charge in [0.05, 0.1) is 12.9 Å². The van der Waals surface area contributed by atoms with Crippen LogP contribution in [0.3, 0.4) is 0 Å². The fraction of sp³-hybridized carbons (Fsp3) is 0.0833. The second-order valence-corrected chi connectivity index (χ2v) is 7.51. The molecular formula is C24H19N5O2S. The van der Waals surface area contributed by atoms with Gasteiger partial charge in [0.1, 0.15) is 17.8 Å². The minimum atomic E-state index is -0.144. The number of aromatic nitrogens is 4.